The van der Waals surface area contributed by atoms with E-state index in [4.69, 9.17) is 23.8 Å². The highest BCUT2D eigenvalue weighted by molar-refractivity contribution is 7.71. The van der Waals surface area contributed by atoms with Crippen molar-refractivity contribution in [1.82, 2.24) is 24.7 Å². The predicted octanol–water partition coefficient (Wildman–Crippen LogP) is 3.34. The largest absolute Gasteiger partial charge is 0.250 e. The first-order chi connectivity index (χ1) is 11.1. The molecular weight excluding hydrogens is 332 g/mol. The number of H-pyrrole nitrogens is 1. The molecule has 0 bridgehead atoms. The second-order valence-electron chi connectivity index (χ2n) is 5.07. The van der Waals surface area contributed by atoms with Gasteiger partial charge in [0.15, 0.2) is 0 Å². The Morgan fingerprint density at radius 3 is 2.70 bits per heavy atom. The third-order valence-electron chi connectivity index (χ3n) is 3.40. The molecule has 6 nitrogen and oxygen atoms in total. The molecule has 1 N–H and O–H groups in total. The maximum Gasteiger partial charge on any atom is 0.216 e. The Kier molecular flexibility index (Phi) is 4.40. The number of hydrogen-bond acceptors (Lipinski definition) is 4. The lowest BCUT2D eigenvalue weighted by Gasteiger charge is -2.03. The van der Waals surface area contributed by atoms with Crippen LogP contribution in [0, 0.1) is 18.6 Å². The lowest BCUT2D eigenvalue weighted by molar-refractivity contribution is 0.680. The summed E-state index contributed by atoms with van der Waals surface area (Å²) in [5, 5.41) is 16.1. The molecule has 2 aromatic heterocycles. The monoisotopic (exact) mass is 346 g/mol. The standard InChI is InChI=1S/C15H15ClN6S/c1-10-13(8-17-22-11(2)18-19-15(22)23)14(16)21(20-10)9-12-6-4-3-5-7-12/h3-8H,9H2,1-2H3,(H,19,23)/b17-8-. The minimum absolute atomic E-state index is 0.434. The summed E-state index contributed by atoms with van der Waals surface area (Å²) in [6.07, 6.45) is 1.66. The number of aromatic amines is 1. The topological polar surface area (TPSA) is 63.8 Å². The Bertz CT molecular complexity index is 906. The molecule has 0 aliphatic rings. The molecule has 0 atom stereocenters. The van der Waals surface area contributed by atoms with E-state index in [9.17, 15) is 0 Å². The lowest BCUT2D eigenvalue weighted by atomic mass is 10.2. The molecule has 0 fully saturated rings. The summed E-state index contributed by atoms with van der Waals surface area (Å²) in [5.74, 6) is 0.678. The zero-order valence-corrected chi connectivity index (χ0v) is 14.3. The molecule has 0 aliphatic heterocycles. The average Bonchev–Trinajstić information content (AvgIpc) is 2.99. The Balaban J connectivity index is 1.91. The van der Waals surface area contributed by atoms with Crippen molar-refractivity contribution in [3.05, 3.63) is 62.9 Å². The van der Waals surface area contributed by atoms with Crippen LogP contribution in [0.3, 0.4) is 0 Å². The Hall–Kier alpha value is -2.25. The summed E-state index contributed by atoms with van der Waals surface area (Å²) in [7, 11) is 0. The van der Waals surface area contributed by atoms with Crippen LogP contribution in [0.1, 0.15) is 22.6 Å². The van der Waals surface area contributed by atoms with Crippen LogP contribution in [0.25, 0.3) is 0 Å². The van der Waals surface area contributed by atoms with Crippen molar-refractivity contribution in [3.8, 4) is 0 Å². The van der Waals surface area contributed by atoms with Gasteiger partial charge in [0.05, 0.1) is 24.0 Å². The highest BCUT2D eigenvalue weighted by Gasteiger charge is 2.12. The number of rotatable bonds is 4. The maximum atomic E-state index is 6.45. The van der Waals surface area contributed by atoms with E-state index >= 15 is 0 Å². The molecule has 0 radical (unpaired) electrons. The van der Waals surface area contributed by atoms with Gasteiger partial charge in [-0.2, -0.15) is 20.0 Å². The third kappa shape index (κ3) is 3.25. The molecule has 0 saturated carbocycles. The molecular formula is C15H15ClN6S. The van der Waals surface area contributed by atoms with Gasteiger partial charge in [0.2, 0.25) is 4.77 Å². The number of nitrogens with one attached hydrogen (secondary N) is 1. The molecule has 1 aromatic carbocycles. The summed E-state index contributed by atoms with van der Waals surface area (Å²) < 4.78 is 3.73. The van der Waals surface area contributed by atoms with Crippen LogP contribution in [0.4, 0.5) is 0 Å². The van der Waals surface area contributed by atoms with Crippen molar-refractivity contribution < 1.29 is 0 Å². The van der Waals surface area contributed by atoms with Crippen LogP contribution >= 0.6 is 23.8 Å². The molecule has 0 aliphatic carbocycles. The van der Waals surface area contributed by atoms with Crippen LogP contribution in [0.2, 0.25) is 5.15 Å². The second kappa shape index (κ2) is 6.47. The van der Waals surface area contributed by atoms with Crippen molar-refractivity contribution >= 4 is 30.0 Å². The van der Waals surface area contributed by atoms with E-state index < -0.39 is 0 Å². The van der Waals surface area contributed by atoms with E-state index in [0.29, 0.717) is 22.3 Å². The minimum Gasteiger partial charge on any atom is -0.250 e. The van der Waals surface area contributed by atoms with Gasteiger partial charge in [-0.15, -0.1) is 0 Å². The first-order valence-electron chi connectivity index (χ1n) is 7.01. The fraction of sp³-hybridized carbons (Fsp3) is 0.200. The van der Waals surface area contributed by atoms with Gasteiger partial charge >= 0.3 is 0 Å². The van der Waals surface area contributed by atoms with Gasteiger partial charge in [-0.05, 0) is 31.6 Å². The summed E-state index contributed by atoms with van der Waals surface area (Å²) in [5.41, 5.74) is 2.71. The van der Waals surface area contributed by atoms with E-state index in [1.54, 1.807) is 15.6 Å². The summed E-state index contributed by atoms with van der Waals surface area (Å²) in [6.45, 7) is 4.33. The second-order valence-corrected chi connectivity index (χ2v) is 5.81. The van der Waals surface area contributed by atoms with Gasteiger partial charge in [0.1, 0.15) is 11.0 Å². The third-order valence-corrected chi connectivity index (χ3v) is 4.06. The molecule has 3 rings (SSSR count). The number of hydrogen-bond donors (Lipinski definition) is 1. The summed E-state index contributed by atoms with van der Waals surface area (Å²) in [4.78, 5) is 0. The van der Waals surface area contributed by atoms with Crippen LogP contribution < -0.4 is 0 Å². The molecule has 3 aromatic rings. The van der Waals surface area contributed by atoms with E-state index in [1.807, 2.05) is 44.2 Å². The Morgan fingerprint density at radius 2 is 2.04 bits per heavy atom. The smallest absolute Gasteiger partial charge is 0.216 e. The van der Waals surface area contributed by atoms with Gasteiger partial charge in [-0.25, -0.2) is 4.68 Å². The van der Waals surface area contributed by atoms with E-state index in [2.05, 4.69) is 20.4 Å². The van der Waals surface area contributed by atoms with Crippen molar-refractivity contribution in [2.24, 2.45) is 5.10 Å². The molecule has 0 amide bonds. The Morgan fingerprint density at radius 1 is 1.30 bits per heavy atom. The molecule has 0 saturated heterocycles. The van der Waals surface area contributed by atoms with Crippen LogP contribution in [-0.4, -0.2) is 30.9 Å². The first kappa shape index (κ1) is 15.6. The number of aryl methyl sites for hydroxylation is 2. The van der Waals surface area contributed by atoms with Gasteiger partial charge in [-0.3, -0.25) is 5.10 Å². The first-order valence-corrected chi connectivity index (χ1v) is 7.80. The Labute approximate surface area is 143 Å². The zero-order chi connectivity index (χ0) is 16.4. The SMILES string of the molecule is Cc1nn(Cc2ccccc2)c(Cl)c1/C=N\n1c(C)n[nH]c1=S. The number of halogens is 1. The molecule has 0 spiro atoms. The lowest BCUT2D eigenvalue weighted by Crippen LogP contribution is -2.02. The highest BCUT2D eigenvalue weighted by atomic mass is 35.5. The molecule has 23 heavy (non-hydrogen) atoms. The van der Waals surface area contributed by atoms with Gasteiger partial charge in [0, 0.05) is 0 Å². The zero-order valence-electron chi connectivity index (χ0n) is 12.7. The molecule has 8 heteroatoms. The van der Waals surface area contributed by atoms with Gasteiger partial charge in [0.25, 0.3) is 0 Å². The van der Waals surface area contributed by atoms with Gasteiger partial charge < -0.3 is 0 Å². The molecule has 118 valence electrons. The molecule has 0 unspecified atom stereocenters. The van der Waals surface area contributed by atoms with Crippen LogP contribution in [0.5, 0.6) is 0 Å². The quantitative estimate of drug-likeness (QED) is 0.582. The maximum absolute atomic E-state index is 6.45. The normalized spacial score (nSPS) is 11.4. The molecule has 2 heterocycles. The van der Waals surface area contributed by atoms with E-state index in [0.717, 1.165) is 16.8 Å². The van der Waals surface area contributed by atoms with Crippen molar-refractivity contribution in [3.63, 3.8) is 0 Å². The summed E-state index contributed by atoms with van der Waals surface area (Å²) in [6, 6.07) is 10.0. The highest BCUT2D eigenvalue weighted by Crippen LogP contribution is 2.19. The van der Waals surface area contributed by atoms with E-state index in [-0.39, 0.29) is 0 Å². The van der Waals surface area contributed by atoms with Crippen LogP contribution in [-0.2, 0) is 6.54 Å². The van der Waals surface area contributed by atoms with Gasteiger partial charge in [-0.1, -0.05) is 41.9 Å². The minimum atomic E-state index is 0.434. The van der Waals surface area contributed by atoms with E-state index in [1.165, 1.54) is 0 Å². The number of aromatic nitrogens is 5. The fourth-order valence-corrected chi connectivity index (χ4v) is 2.70. The van der Waals surface area contributed by atoms with Crippen molar-refractivity contribution in [2.45, 2.75) is 20.4 Å². The summed E-state index contributed by atoms with van der Waals surface area (Å²) >= 11 is 11.6. The number of benzene rings is 1. The average molecular weight is 347 g/mol. The fourth-order valence-electron chi connectivity index (χ4n) is 2.20. The number of nitrogens with zero attached hydrogens (tertiary/aromatic N) is 5. The van der Waals surface area contributed by atoms with Crippen molar-refractivity contribution in [2.75, 3.05) is 0 Å². The van der Waals surface area contributed by atoms with Crippen molar-refractivity contribution in [1.29, 1.82) is 0 Å². The predicted molar refractivity (Wildman–Crippen MR) is 92.7 cm³/mol. The van der Waals surface area contributed by atoms with Crippen LogP contribution in [0.15, 0.2) is 35.4 Å².